The van der Waals surface area contributed by atoms with Crippen LogP contribution >= 0.6 is 0 Å². The number of hydrogen-bond donors (Lipinski definition) is 1. The minimum Gasteiger partial charge on any atom is -0.372 e. The Hall–Kier alpha value is -1.39. The molecule has 0 saturated carbocycles. The Morgan fingerprint density at radius 1 is 1.50 bits per heavy atom. The summed E-state index contributed by atoms with van der Waals surface area (Å²) >= 11 is 0. The van der Waals surface area contributed by atoms with E-state index in [1.807, 2.05) is 31.2 Å². The highest BCUT2D eigenvalue weighted by atomic mass is 16.5. The van der Waals surface area contributed by atoms with E-state index in [4.69, 9.17) is 10.5 Å². The van der Waals surface area contributed by atoms with Crippen molar-refractivity contribution in [1.29, 1.82) is 0 Å². The van der Waals surface area contributed by atoms with E-state index in [-0.39, 0.29) is 18.6 Å². The van der Waals surface area contributed by atoms with Gasteiger partial charge in [0, 0.05) is 24.9 Å². The predicted molar refractivity (Wildman–Crippen MR) is 71.5 cm³/mol. The Labute approximate surface area is 108 Å². The second-order valence-corrected chi connectivity index (χ2v) is 4.55. The number of fused-ring (bicyclic) bond motifs is 1. The first kappa shape index (κ1) is 13.1. The number of para-hydroxylation sites is 1. The molecule has 1 heterocycles. The second-order valence-electron chi connectivity index (χ2n) is 4.55. The van der Waals surface area contributed by atoms with Gasteiger partial charge in [0.2, 0.25) is 0 Å². The standard InChI is InChI=1S/C14H20N2O2/c1-2-9-18-10-14(17)16-8-7-12(15)11-5-3-4-6-13(11)16/h3-6,12H,2,7-10,15H2,1H3. The quantitative estimate of drug-likeness (QED) is 0.827. The van der Waals surface area contributed by atoms with Crippen molar-refractivity contribution in [3.63, 3.8) is 0 Å². The molecule has 0 bridgehead atoms. The molecule has 18 heavy (non-hydrogen) atoms. The molecule has 1 aromatic carbocycles. The molecule has 0 radical (unpaired) electrons. The van der Waals surface area contributed by atoms with E-state index in [9.17, 15) is 4.79 Å². The maximum absolute atomic E-state index is 12.1. The smallest absolute Gasteiger partial charge is 0.252 e. The molecule has 4 nitrogen and oxygen atoms in total. The molecule has 0 aliphatic carbocycles. The molecule has 1 aliphatic rings. The Bertz CT molecular complexity index is 420. The lowest BCUT2D eigenvalue weighted by Crippen LogP contribution is -2.40. The zero-order valence-corrected chi connectivity index (χ0v) is 10.8. The number of nitrogens with zero attached hydrogens (tertiary/aromatic N) is 1. The van der Waals surface area contributed by atoms with Crippen molar-refractivity contribution in [3.8, 4) is 0 Å². The van der Waals surface area contributed by atoms with E-state index in [0.29, 0.717) is 13.2 Å². The van der Waals surface area contributed by atoms with Gasteiger partial charge < -0.3 is 15.4 Å². The maximum atomic E-state index is 12.1. The van der Waals surface area contributed by atoms with Crippen molar-refractivity contribution in [1.82, 2.24) is 0 Å². The van der Waals surface area contributed by atoms with Crippen LogP contribution in [-0.2, 0) is 9.53 Å². The van der Waals surface area contributed by atoms with Crippen molar-refractivity contribution in [2.75, 3.05) is 24.7 Å². The number of amides is 1. The first-order valence-corrected chi connectivity index (χ1v) is 6.46. The first-order chi connectivity index (χ1) is 8.74. The molecule has 98 valence electrons. The normalized spacial score (nSPS) is 18.6. The third kappa shape index (κ3) is 2.71. The Morgan fingerprint density at radius 2 is 2.28 bits per heavy atom. The van der Waals surface area contributed by atoms with Crippen LogP contribution in [0.2, 0.25) is 0 Å². The zero-order valence-electron chi connectivity index (χ0n) is 10.8. The summed E-state index contributed by atoms with van der Waals surface area (Å²) in [7, 11) is 0. The van der Waals surface area contributed by atoms with Crippen LogP contribution in [0.15, 0.2) is 24.3 Å². The number of hydrogen-bond acceptors (Lipinski definition) is 3. The number of nitrogens with two attached hydrogens (primary N) is 1. The number of ether oxygens (including phenoxy) is 1. The fourth-order valence-corrected chi connectivity index (χ4v) is 2.23. The molecular weight excluding hydrogens is 228 g/mol. The second kappa shape index (κ2) is 5.98. The molecule has 0 spiro atoms. The molecule has 4 heteroatoms. The van der Waals surface area contributed by atoms with E-state index < -0.39 is 0 Å². The van der Waals surface area contributed by atoms with Gasteiger partial charge in [0.05, 0.1) is 0 Å². The third-order valence-corrected chi connectivity index (χ3v) is 3.17. The van der Waals surface area contributed by atoms with Gasteiger partial charge in [-0.1, -0.05) is 25.1 Å². The lowest BCUT2D eigenvalue weighted by Gasteiger charge is -2.32. The van der Waals surface area contributed by atoms with Gasteiger partial charge in [-0.05, 0) is 24.5 Å². The highest BCUT2D eigenvalue weighted by Crippen LogP contribution is 2.31. The first-order valence-electron chi connectivity index (χ1n) is 6.46. The molecule has 2 N–H and O–H groups in total. The van der Waals surface area contributed by atoms with E-state index >= 15 is 0 Å². The maximum Gasteiger partial charge on any atom is 0.252 e. The molecule has 2 rings (SSSR count). The van der Waals surface area contributed by atoms with Gasteiger partial charge in [0.25, 0.3) is 5.91 Å². The Balaban J connectivity index is 2.11. The molecule has 1 amide bonds. The molecule has 0 fully saturated rings. The molecule has 1 aliphatic heterocycles. The average molecular weight is 248 g/mol. The van der Waals surface area contributed by atoms with Crippen LogP contribution in [0, 0.1) is 0 Å². The summed E-state index contributed by atoms with van der Waals surface area (Å²) in [6.45, 7) is 3.48. The molecule has 1 atom stereocenters. The lowest BCUT2D eigenvalue weighted by atomic mass is 9.97. The van der Waals surface area contributed by atoms with Crippen LogP contribution in [0.5, 0.6) is 0 Å². The summed E-state index contributed by atoms with van der Waals surface area (Å²) in [5, 5.41) is 0. The Kier molecular flexibility index (Phi) is 4.33. The monoisotopic (exact) mass is 248 g/mol. The zero-order chi connectivity index (χ0) is 13.0. The highest BCUT2D eigenvalue weighted by Gasteiger charge is 2.26. The van der Waals surface area contributed by atoms with Gasteiger partial charge in [-0.15, -0.1) is 0 Å². The SMILES string of the molecule is CCCOCC(=O)N1CCC(N)c2ccccc21. The number of rotatable bonds is 4. The van der Waals surface area contributed by atoms with Crippen LogP contribution in [0.1, 0.15) is 31.4 Å². The topological polar surface area (TPSA) is 55.6 Å². The summed E-state index contributed by atoms with van der Waals surface area (Å²) in [6, 6.07) is 7.87. The summed E-state index contributed by atoms with van der Waals surface area (Å²) < 4.78 is 5.32. The van der Waals surface area contributed by atoms with E-state index in [1.54, 1.807) is 4.90 Å². The van der Waals surface area contributed by atoms with Crippen molar-refractivity contribution >= 4 is 11.6 Å². The van der Waals surface area contributed by atoms with Crippen molar-refractivity contribution < 1.29 is 9.53 Å². The average Bonchev–Trinajstić information content (AvgIpc) is 2.39. The predicted octanol–water partition coefficient (Wildman–Crippen LogP) is 1.85. The third-order valence-electron chi connectivity index (χ3n) is 3.17. The van der Waals surface area contributed by atoms with Gasteiger partial charge >= 0.3 is 0 Å². The van der Waals surface area contributed by atoms with E-state index in [2.05, 4.69) is 0 Å². The largest absolute Gasteiger partial charge is 0.372 e. The Morgan fingerprint density at radius 3 is 3.06 bits per heavy atom. The summed E-state index contributed by atoms with van der Waals surface area (Å²) in [4.78, 5) is 13.9. The molecule has 1 unspecified atom stereocenters. The van der Waals surface area contributed by atoms with Gasteiger partial charge in [-0.2, -0.15) is 0 Å². The number of benzene rings is 1. The molecule has 0 saturated heterocycles. The summed E-state index contributed by atoms with van der Waals surface area (Å²) in [6.07, 6.45) is 1.73. The lowest BCUT2D eigenvalue weighted by molar-refractivity contribution is -0.123. The minimum absolute atomic E-state index is 0.0165. The number of anilines is 1. The fraction of sp³-hybridized carbons (Fsp3) is 0.500. The number of carbonyl (C=O) groups is 1. The fourth-order valence-electron chi connectivity index (χ4n) is 2.23. The van der Waals surface area contributed by atoms with Crippen LogP contribution in [0.25, 0.3) is 0 Å². The van der Waals surface area contributed by atoms with Crippen LogP contribution in [0.3, 0.4) is 0 Å². The van der Waals surface area contributed by atoms with Crippen molar-refractivity contribution in [2.45, 2.75) is 25.8 Å². The summed E-state index contributed by atoms with van der Waals surface area (Å²) in [5.74, 6) is 0.0165. The van der Waals surface area contributed by atoms with Gasteiger partial charge in [0.15, 0.2) is 0 Å². The van der Waals surface area contributed by atoms with Gasteiger partial charge in [0.1, 0.15) is 6.61 Å². The molecule has 1 aromatic rings. The van der Waals surface area contributed by atoms with Crippen molar-refractivity contribution in [3.05, 3.63) is 29.8 Å². The molecular formula is C14H20N2O2. The van der Waals surface area contributed by atoms with E-state index in [1.165, 1.54) is 0 Å². The van der Waals surface area contributed by atoms with Crippen LogP contribution in [0.4, 0.5) is 5.69 Å². The highest BCUT2D eigenvalue weighted by molar-refractivity contribution is 5.95. The van der Waals surface area contributed by atoms with Crippen LogP contribution in [-0.4, -0.2) is 25.7 Å². The minimum atomic E-state index is 0.0165. The van der Waals surface area contributed by atoms with Gasteiger partial charge in [-0.25, -0.2) is 0 Å². The number of carbonyl (C=O) groups excluding carboxylic acids is 1. The van der Waals surface area contributed by atoms with Gasteiger partial charge in [-0.3, -0.25) is 4.79 Å². The molecule has 0 aromatic heterocycles. The van der Waals surface area contributed by atoms with Crippen LogP contribution < -0.4 is 10.6 Å². The summed E-state index contributed by atoms with van der Waals surface area (Å²) in [5.41, 5.74) is 8.04. The van der Waals surface area contributed by atoms with E-state index in [0.717, 1.165) is 24.1 Å². The van der Waals surface area contributed by atoms with Crippen molar-refractivity contribution in [2.24, 2.45) is 5.73 Å².